The monoisotopic (exact) mass is 301 g/mol. The molecule has 2 rings (SSSR count). The molecule has 3 N–H and O–H groups in total. The topological polar surface area (TPSA) is 70.2 Å². The van der Waals surface area contributed by atoms with Crippen molar-refractivity contribution in [1.29, 1.82) is 0 Å². The Bertz CT molecular complexity index is 546. The van der Waals surface area contributed by atoms with E-state index in [1.54, 1.807) is 0 Å². The highest BCUT2D eigenvalue weighted by Gasteiger charge is 2.30. The Labute approximate surface area is 118 Å². The molecule has 2 amide bonds. The summed E-state index contributed by atoms with van der Waals surface area (Å²) in [6, 6.07) is 3.69. The van der Waals surface area contributed by atoms with Crippen LogP contribution in [0, 0.1) is 0 Å². The second-order valence-corrected chi connectivity index (χ2v) is 4.63. The molecule has 0 bridgehead atoms. The number of piperazine rings is 1. The van der Waals surface area contributed by atoms with Crippen LogP contribution >= 0.6 is 0 Å². The lowest BCUT2D eigenvalue weighted by molar-refractivity contribution is -0.137. The highest BCUT2D eigenvalue weighted by atomic mass is 19.4. The zero-order valence-corrected chi connectivity index (χ0v) is 11.0. The van der Waals surface area contributed by atoms with Crippen molar-refractivity contribution in [2.75, 3.05) is 18.4 Å². The molecule has 0 radical (unpaired) electrons. The van der Waals surface area contributed by atoms with Crippen LogP contribution in [0.25, 0.3) is 0 Å². The van der Waals surface area contributed by atoms with Gasteiger partial charge in [0.15, 0.2) is 0 Å². The first-order valence-electron chi connectivity index (χ1n) is 6.34. The largest absolute Gasteiger partial charge is 0.416 e. The smallest absolute Gasteiger partial charge is 0.353 e. The number of nitrogens with one attached hydrogen (secondary N) is 3. The molecule has 1 saturated heterocycles. The number of hydrogen-bond donors (Lipinski definition) is 3. The summed E-state index contributed by atoms with van der Waals surface area (Å²) >= 11 is 0. The van der Waals surface area contributed by atoms with E-state index in [0.29, 0.717) is 13.1 Å². The number of hydrogen-bond acceptors (Lipinski definition) is 3. The first kappa shape index (κ1) is 15.3. The fourth-order valence-electron chi connectivity index (χ4n) is 1.98. The maximum Gasteiger partial charge on any atom is 0.416 e. The van der Waals surface area contributed by atoms with Crippen LogP contribution in [0.3, 0.4) is 0 Å². The molecule has 0 aliphatic carbocycles. The Kier molecular flexibility index (Phi) is 4.46. The molecule has 5 nitrogen and oxygen atoms in total. The fourth-order valence-corrected chi connectivity index (χ4v) is 1.98. The van der Waals surface area contributed by atoms with Crippen molar-refractivity contribution >= 4 is 17.5 Å². The Balaban J connectivity index is 1.98. The third-order valence-electron chi connectivity index (χ3n) is 2.99. The van der Waals surface area contributed by atoms with Crippen molar-refractivity contribution in [2.24, 2.45) is 0 Å². The summed E-state index contributed by atoms with van der Waals surface area (Å²) in [5.74, 6) is -0.815. The molecule has 1 fully saturated rings. The molecule has 8 heteroatoms. The quantitative estimate of drug-likeness (QED) is 0.783. The number of carbonyl (C=O) groups is 2. The first-order chi connectivity index (χ1) is 9.86. The maximum absolute atomic E-state index is 12.6. The summed E-state index contributed by atoms with van der Waals surface area (Å²) in [5.41, 5.74) is -0.792. The molecule has 0 aromatic heterocycles. The van der Waals surface area contributed by atoms with Gasteiger partial charge in [-0.25, -0.2) is 0 Å². The highest BCUT2D eigenvalue weighted by Crippen LogP contribution is 2.30. The molecule has 21 heavy (non-hydrogen) atoms. The summed E-state index contributed by atoms with van der Waals surface area (Å²) in [5, 5.41) is 7.83. The number of halogens is 3. The molecule has 1 aliphatic rings. The lowest BCUT2D eigenvalue weighted by Crippen LogP contribution is -2.53. The Morgan fingerprint density at radius 1 is 1.33 bits per heavy atom. The van der Waals surface area contributed by atoms with Crippen molar-refractivity contribution in [1.82, 2.24) is 10.6 Å². The Morgan fingerprint density at radius 3 is 2.76 bits per heavy atom. The van der Waals surface area contributed by atoms with Gasteiger partial charge in [-0.2, -0.15) is 13.2 Å². The molecule has 1 aromatic carbocycles. The van der Waals surface area contributed by atoms with E-state index in [0.717, 1.165) is 12.1 Å². The molecule has 1 aromatic rings. The maximum atomic E-state index is 12.6. The van der Waals surface area contributed by atoms with Gasteiger partial charge in [-0.05, 0) is 18.2 Å². The van der Waals surface area contributed by atoms with Crippen molar-refractivity contribution in [2.45, 2.75) is 18.6 Å². The van der Waals surface area contributed by atoms with Crippen LogP contribution in [0.2, 0.25) is 0 Å². The van der Waals surface area contributed by atoms with E-state index in [2.05, 4.69) is 16.0 Å². The lowest BCUT2D eigenvalue weighted by atomic mass is 10.1. The summed E-state index contributed by atoms with van der Waals surface area (Å²) in [6.45, 7) is 1.04. The van der Waals surface area contributed by atoms with Crippen LogP contribution in [0.1, 0.15) is 12.0 Å². The standard InChI is InChI=1S/C13H14F3N3O2/c14-13(15,16)8-2-1-3-9(6-8)19-11(20)7-10-12(21)18-5-4-17-10/h1-3,6,10,17H,4-5,7H2,(H,18,21)(H,19,20)/t10-/m0/s1. The third-order valence-corrected chi connectivity index (χ3v) is 2.99. The molecule has 1 atom stereocenters. The minimum Gasteiger partial charge on any atom is -0.353 e. The average molecular weight is 301 g/mol. The highest BCUT2D eigenvalue weighted by molar-refractivity contribution is 5.95. The summed E-state index contributed by atoms with van der Waals surface area (Å²) in [7, 11) is 0. The molecular formula is C13H14F3N3O2. The number of alkyl halides is 3. The second-order valence-electron chi connectivity index (χ2n) is 4.63. The molecular weight excluding hydrogens is 287 g/mol. The molecule has 1 heterocycles. The Hall–Kier alpha value is -2.09. The zero-order valence-electron chi connectivity index (χ0n) is 11.0. The van der Waals surface area contributed by atoms with Gasteiger partial charge in [0.25, 0.3) is 0 Å². The van der Waals surface area contributed by atoms with Gasteiger partial charge in [0.1, 0.15) is 0 Å². The molecule has 0 unspecified atom stereocenters. The van der Waals surface area contributed by atoms with Gasteiger partial charge in [-0.1, -0.05) is 6.07 Å². The van der Waals surface area contributed by atoms with Crippen molar-refractivity contribution in [3.63, 3.8) is 0 Å². The van der Waals surface area contributed by atoms with Gasteiger partial charge in [0.05, 0.1) is 18.0 Å². The van der Waals surface area contributed by atoms with Crippen molar-refractivity contribution in [3.8, 4) is 0 Å². The second kappa shape index (κ2) is 6.13. The van der Waals surface area contributed by atoms with Crippen LogP contribution in [0.5, 0.6) is 0 Å². The van der Waals surface area contributed by atoms with E-state index in [4.69, 9.17) is 0 Å². The summed E-state index contributed by atoms with van der Waals surface area (Å²) in [4.78, 5) is 23.2. The van der Waals surface area contributed by atoms with Crippen molar-refractivity contribution in [3.05, 3.63) is 29.8 Å². The number of benzene rings is 1. The number of carbonyl (C=O) groups excluding carboxylic acids is 2. The minimum absolute atomic E-state index is 0.0473. The van der Waals surface area contributed by atoms with Crippen LogP contribution in [0.15, 0.2) is 24.3 Å². The number of anilines is 1. The van der Waals surface area contributed by atoms with E-state index in [9.17, 15) is 22.8 Å². The predicted molar refractivity (Wildman–Crippen MR) is 69.5 cm³/mol. The Morgan fingerprint density at radius 2 is 2.10 bits per heavy atom. The van der Waals surface area contributed by atoms with Crippen molar-refractivity contribution < 1.29 is 22.8 Å². The fraction of sp³-hybridized carbons (Fsp3) is 0.385. The molecule has 114 valence electrons. The van der Waals surface area contributed by atoms with E-state index >= 15 is 0 Å². The summed E-state index contributed by atoms with van der Waals surface area (Å²) in [6.07, 6.45) is -4.60. The first-order valence-corrected chi connectivity index (χ1v) is 6.34. The van der Waals surface area contributed by atoms with E-state index in [1.165, 1.54) is 12.1 Å². The van der Waals surface area contributed by atoms with Gasteiger partial charge in [0, 0.05) is 18.8 Å². The van der Waals surface area contributed by atoms with Gasteiger partial charge < -0.3 is 16.0 Å². The van der Waals surface area contributed by atoms with Gasteiger partial charge in [-0.15, -0.1) is 0 Å². The molecule has 0 spiro atoms. The zero-order chi connectivity index (χ0) is 15.5. The van der Waals surface area contributed by atoms with Gasteiger partial charge in [-0.3, -0.25) is 9.59 Å². The normalized spacial score (nSPS) is 19.0. The van der Waals surface area contributed by atoms with Gasteiger partial charge >= 0.3 is 6.18 Å². The average Bonchev–Trinajstić information content (AvgIpc) is 2.41. The van der Waals surface area contributed by atoms with E-state index < -0.39 is 23.7 Å². The number of rotatable bonds is 3. The number of amides is 2. The van der Waals surface area contributed by atoms with Crippen LogP contribution in [-0.2, 0) is 15.8 Å². The van der Waals surface area contributed by atoms with Crippen LogP contribution < -0.4 is 16.0 Å². The minimum atomic E-state index is -4.47. The summed E-state index contributed by atoms with van der Waals surface area (Å²) < 4.78 is 37.7. The third kappa shape index (κ3) is 4.19. The van der Waals surface area contributed by atoms with Crippen LogP contribution in [-0.4, -0.2) is 30.9 Å². The lowest BCUT2D eigenvalue weighted by Gasteiger charge is -2.22. The predicted octanol–water partition coefficient (Wildman–Crippen LogP) is 1.12. The SMILES string of the molecule is O=C(C[C@@H]1NCCNC1=O)Nc1cccc(C(F)(F)F)c1. The molecule has 0 saturated carbocycles. The van der Waals surface area contributed by atoms with Gasteiger partial charge in [0.2, 0.25) is 11.8 Å². The van der Waals surface area contributed by atoms with E-state index in [-0.39, 0.29) is 18.0 Å². The molecule has 1 aliphatic heterocycles. The van der Waals surface area contributed by atoms with Crippen LogP contribution in [0.4, 0.5) is 18.9 Å². The van der Waals surface area contributed by atoms with E-state index in [1.807, 2.05) is 0 Å².